The third-order valence-electron chi connectivity index (χ3n) is 5.43. The summed E-state index contributed by atoms with van der Waals surface area (Å²) in [4.78, 5) is 28.7. The van der Waals surface area contributed by atoms with E-state index in [1.54, 1.807) is 0 Å². The molecule has 5 nitrogen and oxygen atoms in total. The zero-order valence-electron chi connectivity index (χ0n) is 15.6. The van der Waals surface area contributed by atoms with Gasteiger partial charge in [-0.15, -0.1) is 0 Å². The van der Waals surface area contributed by atoms with Gasteiger partial charge in [0.05, 0.1) is 29.0 Å². The van der Waals surface area contributed by atoms with Crippen molar-refractivity contribution in [2.45, 2.75) is 36.7 Å². The van der Waals surface area contributed by atoms with E-state index in [-0.39, 0.29) is 25.0 Å². The minimum Gasteiger partial charge on any atom is -0.462 e. The lowest BCUT2D eigenvalue weighted by atomic mass is 10.0. The van der Waals surface area contributed by atoms with Crippen LogP contribution < -0.4 is 5.32 Å². The summed E-state index contributed by atoms with van der Waals surface area (Å²) in [7, 11) is 0. The molecule has 0 radical (unpaired) electrons. The van der Waals surface area contributed by atoms with Gasteiger partial charge in [-0.2, -0.15) is 13.2 Å². The van der Waals surface area contributed by atoms with Crippen molar-refractivity contribution in [3.63, 3.8) is 0 Å². The van der Waals surface area contributed by atoms with Gasteiger partial charge in [0.2, 0.25) is 5.91 Å². The van der Waals surface area contributed by atoms with Gasteiger partial charge in [0.1, 0.15) is 5.82 Å². The molecular formula is C20H18F4N2O3S. The van der Waals surface area contributed by atoms with E-state index >= 15 is 0 Å². The molecule has 2 aliphatic carbocycles. The fourth-order valence-electron chi connectivity index (χ4n) is 3.90. The Morgan fingerprint density at radius 2 is 2.07 bits per heavy atom. The lowest BCUT2D eigenvalue weighted by Crippen LogP contribution is -2.27. The average molecular weight is 442 g/mol. The Labute approximate surface area is 174 Å². The lowest BCUT2D eigenvalue weighted by molar-refractivity contribution is -0.137. The number of rotatable bonds is 5. The normalized spacial score (nSPS) is 28.9. The highest BCUT2D eigenvalue weighted by atomic mass is 32.2. The number of allylic oxidation sites excluding steroid dienone is 1. The Hall–Kier alpha value is -2.36. The number of amidine groups is 1. The highest BCUT2D eigenvalue weighted by molar-refractivity contribution is 8.15. The summed E-state index contributed by atoms with van der Waals surface area (Å²) in [6.07, 6.45) is 1.85. The van der Waals surface area contributed by atoms with Crippen molar-refractivity contribution in [1.82, 2.24) is 5.32 Å². The second-order valence-electron chi connectivity index (χ2n) is 7.49. The van der Waals surface area contributed by atoms with Crippen molar-refractivity contribution in [3.8, 4) is 0 Å². The Morgan fingerprint density at radius 3 is 2.73 bits per heavy atom. The molecule has 1 aromatic carbocycles. The predicted molar refractivity (Wildman–Crippen MR) is 102 cm³/mol. The molecule has 160 valence electrons. The highest BCUT2D eigenvalue weighted by Crippen LogP contribution is 2.41. The van der Waals surface area contributed by atoms with Gasteiger partial charge in [0.25, 0.3) is 0 Å². The van der Waals surface area contributed by atoms with Gasteiger partial charge in [0.15, 0.2) is 5.17 Å². The van der Waals surface area contributed by atoms with Crippen molar-refractivity contribution < 1.29 is 31.9 Å². The second-order valence-corrected chi connectivity index (χ2v) is 8.69. The predicted octanol–water partition coefficient (Wildman–Crippen LogP) is 3.94. The van der Waals surface area contributed by atoms with Gasteiger partial charge in [-0.1, -0.05) is 23.9 Å². The molecule has 1 aromatic rings. The first-order valence-electron chi connectivity index (χ1n) is 9.48. The number of ether oxygens (including phenoxy) is 1. The summed E-state index contributed by atoms with van der Waals surface area (Å²) < 4.78 is 56.9. The molecular weight excluding hydrogens is 424 g/mol. The van der Waals surface area contributed by atoms with Gasteiger partial charge in [-0.25, -0.2) is 9.18 Å². The van der Waals surface area contributed by atoms with Crippen LogP contribution in [0.3, 0.4) is 0 Å². The number of hydrogen-bond donors (Lipinski definition) is 1. The molecule has 2 fully saturated rings. The van der Waals surface area contributed by atoms with E-state index in [9.17, 15) is 27.2 Å². The lowest BCUT2D eigenvalue weighted by Gasteiger charge is -2.13. The summed E-state index contributed by atoms with van der Waals surface area (Å²) in [6, 6.07) is 1.71. The molecule has 4 rings (SSSR count). The number of amides is 1. The second kappa shape index (κ2) is 8.05. The number of carbonyl (C=O) groups excluding carboxylic acids is 2. The van der Waals surface area contributed by atoms with Crippen LogP contribution in [-0.2, 0) is 15.7 Å². The SMILES string of the molecule is O=C(OCCC1SC(=NC2CC3C=CC2C3)NC1=O)c1cc(C(F)(F)F)ccc1F. The van der Waals surface area contributed by atoms with Crippen LogP contribution in [0.15, 0.2) is 35.3 Å². The fraction of sp³-hybridized carbons (Fsp3) is 0.450. The van der Waals surface area contributed by atoms with E-state index in [0.717, 1.165) is 12.8 Å². The van der Waals surface area contributed by atoms with Crippen molar-refractivity contribution >= 4 is 28.8 Å². The van der Waals surface area contributed by atoms with Crippen LogP contribution in [0.4, 0.5) is 17.6 Å². The van der Waals surface area contributed by atoms with E-state index in [0.29, 0.717) is 35.2 Å². The molecule has 1 saturated carbocycles. The Morgan fingerprint density at radius 1 is 1.27 bits per heavy atom. The van der Waals surface area contributed by atoms with Gasteiger partial charge in [-0.3, -0.25) is 9.79 Å². The van der Waals surface area contributed by atoms with Crippen LogP contribution in [0.1, 0.15) is 35.2 Å². The summed E-state index contributed by atoms with van der Waals surface area (Å²) >= 11 is 1.24. The molecule has 1 N–H and O–H groups in total. The minimum absolute atomic E-state index is 0.137. The number of aliphatic imine (C=N–C) groups is 1. The van der Waals surface area contributed by atoms with Crippen LogP contribution in [0.25, 0.3) is 0 Å². The standard InChI is InChI=1S/C20H18F4N2O3S/c21-14-4-3-12(20(22,23)24)9-13(14)18(28)29-6-5-16-17(27)26-19(30-16)25-15-8-10-1-2-11(15)7-10/h1-4,9-11,15-16H,5-8H2,(H,25,26,27). The number of nitrogens with zero attached hydrogens (tertiary/aromatic N) is 1. The van der Waals surface area contributed by atoms with Crippen LogP contribution >= 0.6 is 11.8 Å². The van der Waals surface area contributed by atoms with Crippen LogP contribution in [0, 0.1) is 17.7 Å². The van der Waals surface area contributed by atoms with Crippen LogP contribution in [-0.4, -0.2) is 34.9 Å². The molecule has 1 aliphatic heterocycles. The molecule has 1 heterocycles. The number of halogens is 4. The Balaban J connectivity index is 1.31. The zero-order chi connectivity index (χ0) is 21.5. The summed E-state index contributed by atoms with van der Waals surface area (Å²) in [5.74, 6) is -1.61. The van der Waals surface area contributed by atoms with E-state index in [4.69, 9.17) is 4.74 Å². The average Bonchev–Trinajstić information content (AvgIpc) is 3.37. The van der Waals surface area contributed by atoms with E-state index < -0.39 is 34.3 Å². The molecule has 10 heteroatoms. The molecule has 1 saturated heterocycles. The highest BCUT2D eigenvalue weighted by Gasteiger charge is 2.38. The quantitative estimate of drug-likeness (QED) is 0.426. The molecule has 2 bridgehead atoms. The number of benzene rings is 1. The van der Waals surface area contributed by atoms with E-state index in [1.807, 2.05) is 0 Å². The third-order valence-corrected chi connectivity index (χ3v) is 6.60. The number of thioether (sulfide) groups is 1. The van der Waals surface area contributed by atoms with Gasteiger partial charge < -0.3 is 10.1 Å². The van der Waals surface area contributed by atoms with Crippen molar-refractivity contribution in [2.75, 3.05) is 6.61 Å². The maximum Gasteiger partial charge on any atom is 0.416 e. The minimum atomic E-state index is -4.70. The number of esters is 1. The monoisotopic (exact) mass is 442 g/mol. The summed E-state index contributed by atoms with van der Waals surface area (Å²) in [5, 5.41) is 2.72. The van der Waals surface area contributed by atoms with Crippen molar-refractivity contribution in [3.05, 3.63) is 47.3 Å². The van der Waals surface area contributed by atoms with Gasteiger partial charge >= 0.3 is 12.1 Å². The smallest absolute Gasteiger partial charge is 0.416 e. The molecule has 0 aromatic heterocycles. The Kier molecular flexibility index (Phi) is 5.61. The first-order valence-corrected chi connectivity index (χ1v) is 10.4. The summed E-state index contributed by atoms with van der Waals surface area (Å²) in [6.45, 7) is -0.232. The molecule has 30 heavy (non-hydrogen) atoms. The van der Waals surface area contributed by atoms with Crippen LogP contribution in [0.2, 0.25) is 0 Å². The number of carbonyl (C=O) groups is 2. The Bertz CT molecular complexity index is 931. The molecule has 3 aliphatic rings. The van der Waals surface area contributed by atoms with Gasteiger partial charge in [-0.05, 0) is 42.9 Å². The maximum atomic E-state index is 13.8. The molecule has 4 unspecified atom stereocenters. The zero-order valence-corrected chi connectivity index (χ0v) is 16.4. The van der Waals surface area contributed by atoms with Gasteiger partial charge in [0, 0.05) is 6.42 Å². The molecule has 1 amide bonds. The van der Waals surface area contributed by atoms with Crippen LogP contribution in [0.5, 0.6) is 0 Å². The largest absolute Gasteiger partial charge is 0.462 e. The first-order chi connectivity index (χ1) is 14.2. The van der Waals surface area contributed by atoms with Crippen molar-refractivity contribution in [2.24, 2.45) is 16.8 Å². The number of fused-ring (bicyclic) bond motifs is 2. The number of hydrogen-bond acceptors (Lipinski definition) is 5. The molecule has 4 atom stereocenters. The first kappa shape index (κ1) is 20.9. The summed E-state index contributed by atoms with van der Waals surface area (Å²) in [5.41, 5.74) is -1.93. The third kappa shape index (κ3) is 4.38. The molecule has 0 spiro atoms. The van der Waals surface area contributed by atoms with Crippen molar-refractivity contribution in [1.29, 1.82) is 0 Å². The van der Waals surface area contributed by atoms with E-state index in [1.165, 1.54) is 11.8 Å². The number of nitrogens with one attached hydrogen (secondary N) is 1. The maximum absolute atomic E-state index is 13.8. The fourth-order valence-corrected chi connectivity index (χ4v) is 4.91. The number of alkyl halides is 3. The van der Waals surface area contributed by atoms with E-state index in [2.05, 4.69) is 22.5 Å². The topological polar surface area (TPSA) is 67.8 Å².